The van der Waals surface area contributed by atoms with Crippen LogP contribution < -0.4 is 0 Å². The van der Waals surface area contributed by atoms with Crippen LogP contribution in [0.4, 0.5) is 0 Å². The first-order chi connectivity index (χ1) is 11.5. The lowest BCUT2D eigenvalue weighted by molar-refractivity contribution is 0.0401. The topological polar surface area (TPSA) is 40.5 Å². The number of rotatable bonds is 3. The van der Waals surface area contributed by atoms with Crippen molar-refractivity contribution in [3.63, 3.8) is 0 Å². The predicted molar refractivity (Wildman–Crippen MR) is 96.5 cm³/mol. The average Bonchev–Trinajstić information content (AvgIpc) is 2.62. The van der Waals surface area contributed by atoms with Crippen LogP contribution in [0.3, 0.4) is 0 Å². The van der Waals surface area contributed by atoms with Gasteiger partial charge in [0.15, 0.2) is 0 Å². The molecule has 1 N–H and O–H groups in total. The van der Waals surface area contributed by atoms with Gasteiger partial charge >= 0.3 is 0 Å². The first-order valence-corrected chi connectivity index (χ1v) is 8.78. The van der Waals surface area contributed by atoms with Crippen LogP contribution >= 0.6 is 23.2 Å². The third kappa shape index (κ3) is 3.92. The molecule has 24 heavy (non-hydrogen) atoms. The Kier molecular flexibility index (Phi) is 5.44. The highest BCUT2D eigenvalue weighted by atomic mass is 35.5. The van der Waals surface area contributed by atoms with Gasteiger partial charge in [-0.25, -0.2) is 0 Å². The molecule has 0 spiro atoms. The van der Waals surface area contributed by atoms with E-state index in [2.05, 4.69) is 0 Å². The number of carbonyl (C=O) groups excluding carboxylic acids is 1. The molecule has 2 aromatic rings. The van der Waals surface area contributed by atoms with Crippen LogP contribution in [0.1, 0.15) is 34.9 Å². The Balaban J connectivity index is 1.70. The Morgan fingerprint density at radius 1 is 1.04 bits per heavy atom. The number of aliphatic hydroxyl groups excluding tert-OH is 1. The Labute approximate surface area is 151 Å². The molecular formula is C19H19Cl2NO2. The number of aliphatic hydroxyl groups is 1. The van der Waals surface area contributed by atoms with Crippen molar-refractivity contribution in [2.75, 3.05) is 13.1 Å². The standard InChI is InChI=1S/C19H19Cl2NO2/c20-16-7-3-13(4-8-16)18(23)15-2-1-11-22(12-15)19(24)14-5-9-17(21)10-6-14/h3-10,15,18,23H,1-2,11-12H2. The van der Waals surface area contributed by atoms with Crippen molar-refractivity contribution < 1.29 is 9.90 Å². The highest BCUT2D eigenvalue weighted by Crippen LogP contribution is 2.31. The fraction of sp³-hybridized carbons (Fsp3) is 0.316. The summed E-state index contributed by atoms with van der Waals surface area (Å²) in [5, 5.41) is 11.9. The second-order valence-electron chi connectivity index (χ2n) is 6.16. The lowest BCUT2D eigenvalue weighted by atomic mass is 9.88. The van der Waals surface area contributed by atoms with Gasteiger partial charge in [0.1, 0.15) is 0 Å². The Bertz CT molecular complexity index is 700. The van der Waals surface area contributed by atoms with Gasteiger partial charge < -0.3 is 10.0 Å². The van der Waals surface area contributed by atoms with E-state index in [1.54, 1.807) is 36.4 Å². The number of halogens is 2. The summed E-state index contributed by atoms with van der Waals surface area (Å²) in [6.07, 6.45) is 1.19. The van der Waals surface area contributed by atoms with Crippen LogP contribution in [-0.2, 0) is 0 Å². The Morgan fingerprint density at radius 2 is 1.62 bits per heavy atom. The van der Waals surface area contributed by atoms with Gasteiger partial charge in [0.2, 0.25) is 0 Å². The summed E-state index contributed by atoms with van der Waals surface area (Å²) in [6, 6.07) is 14.2. The van der Waals surface area contributed by atoms with Gasteiger partial charge in [0.25, 0.3) is 5.91 Å². The molecule has 1 saturated heterocycles. The third-order valence-electron chi connectivity index (χ3n) is 4.49. The summed E-state index contributed by atoms with van der Waals surface area (Å²) < 4.78 is 0. The van der Waals surface area contributed by atoms with E-state index >= 15 is 0 Å². The molecule has 1 heterocycles. The molecule has 3 nitrogen and oxygen atoms in total. The van der Waals surface area contributed by atoms with E-state index in [1.165, 1.54) is 0 Å². The van der Waals surface area contributed by atoms with E-state index in [1.807, 2.05) is 17.0 Å². The average molecular weight is 364 g/mol. The van der Waals surface area contributed by atoms with Crippen molar-refractivity contribution in [1.82, 2.24) is 4.90 Å². The summed E-state index contributed by atoms with van der Waals surface area (Å²) in [5.41, 5.74) is 1.46. The van der Waals surface area contributed by atoms with Crippen molar-refractivity contribution in [3.05, 3.63) is 69.7 Å². The van der Waals surface area contributed by atoms with Crippen LogP contribution in [0.15, 0.2) is 48.5 Å². The Morgan fingerprint density at radius 3 is 2.25 bits per heavy atom. The Hall–Kier alpha value is -1.55. The van der Waals surface area contributed by atoms with Crippen molar-refractivity contribution in [2.24, 2.45) is 5.92 Å². The molecule has 0 radical (unpaired) electrons. The molecule has 0 saturated carbocycles. The highest BCUT2D eigenvalue weighted by Gasteiger charge is 2.29. The number of amides is 1. The summed E-state index contributed by atoms with van der Waals surface area (Å²) in [7, 11) is 0. The van der Waals surface area contributed by atoms with Crippen molar-refractivity contribution in [3.8, 4) is 0 Å². The second kappa shape index (κ2) is 7.56. The third-order valence-corrected chi connectivity index (χ3v) is 5.00. The van der Waals surface area contributed by atoms with E-state index in [0.29, 0.717) is 28.7 Å². The van der Waals surface area contributed by atoms with Crippen molar-refractivity contribution in [1.29, 1.82) is 0 Å². The molecule has 1 aliphatic rings. The molecule has 0 aromatic heterocycles. The van der Waals surface area contributed by atoms with Crippen LogP contribution in [0.5, 0.6) is 0 Å². The fourth-order valence-corrected chi connectivity index (χ4v) is 3.41. The summed E-state index contributed by atoms with van der Waals surface area (Å²) in [4.78, 5) is 14.5. The quantitative estimate of drug-likeness (QED) is 0.866. The second-order valence-corrected chi connectivity index (χ2v) is 7.03. The number of piperidine rings is 1. The van der Waals surface area contributed by atoms with Crippen molar-refractivity contribution >= 4 is 29.1 Å². The molecule has 126 valence electrons. The number of benzene rings is 2. The minimum absolute atomic E-state index is 0.0142. The molecule has 2 atom stereocenters. The van der Waals surface area contributed by atoms with Crippen LogP contribution in [0, 0.1) is 5.92 Å². The van der Waals surface area contributed by atoms with Gasteiger partial charge in [-0.2, -0.15) is 0 Å². The molecule has 3 rings (SSSR count). The van der Waals surface area contributed by atoms with Gasteiger partial charge in [0.05, 0.1) is 6.10 Å². The van der Waals surface area contributed by atoms with Crippen LogP contribution in [0.2, 0.25) is 10.0 Å². The molecule has 2 aromatic carbocycles. The SMILES string of the molecule is O=C(c1ccc(Cl)cc1)N1CCCC(C(O)c2ccc(Cl)cc2)C1. The normalized spacial score (nSPS) is 19.1. The number of likely N-dealkylation sites (tertiary alicyclic amines) is 1. The van der Waals surface area contributed by atoms with E-state index in [4.69, 9.17) is 23.2 Å². The number of hydrogen-bond donors (Lipinski definition) is 1. The molecule has 2 unspecified atom stereocenters. The van der Waals surface area contributed by atoms with Gasteiger partial charge in [-0.3, -0.25) is 4.79 Å². The van der Waals surface area contributed by atoms with E-state index in [9.17, 15) is 9.90 Å². The first kappa shape index (κ1) is 17.3. The maximum Gasteiger partial charge on any atom is 0.253 e. The molecule has 1 fully saturated rings. The molecule has 0 bridgehead atoms. The predicted octanol–water partition coefficient (Wildman–Crippen LogP) is 4.58. The minimum atomic E-state index is -0.594. The molecule has 1 amide bonds. The van der Waals surface area contributed by atoms with E-state index in [0.717, 1.165) is 18.4 Å². The van der Waals surface area contributed by atoms with Gasteiger partial charge in [-0.05, 0) is 54.8 Å². The summed E-state index contributed by atoms with van der Waals surface area (Å²) in [5.74, 6) is 0.0100. The van der Waals surface area contributed by atoms with Crippen molar-refractivity contribution in [2.45, 2.75) is 18.9 Å². The summed E-state index contributed by atoms with van der Waals surface area (Å²) >= 11 is 11.8. The van der Waals surface area contributed by atoms with Crippen LogP contribution in [0.25, 0.3) is 0 Å². The molecule has 1 aliphatic heterocycles. The first-order valence-electron chi connectivity index (χ1n) is 8.03. The van der Waals surface area contributed by atoms with Gasteiger partial charge in [-0.15, -0.1) is 0 Å². The zero-order chi connectivity index (χ0) is 17.1. The molecule has 5 heteroatoms. The number of hydrogen-bond acceptors (Lipinski definition) is 2. The number of carbonyl (C=O) groups is 1. The largest absolute Gasteiger partial charge is 0.388 e. The van der Waals surface area contributed by atoms with Gasteiger partial charge in [-0.1, -0.05) is 35.3 Å². The lowest BCUT2D eigenvalue weighted by Gasteiger charge is -2.35. The molecular weight excluding hydrogens is 345 g/mol. The molecule has 0 aliphatic carbocycles. The zero-order valence-electron chi connectivity index (χ0n) is 13.2. The van der Waals surface area contributed by atoms with Crippen LogP contribution in [-0.4, -0.2) is 29.0 Å². The number of nitrogens with zero attached hydrogens (tertiary/aromatic N) is 1. The zero-order valence-corrected chi connectivity index (χ0v) is 14.7. The maximum atomic E-state index is 12.6. The van der Waals surface area contributed by atoms with E-state index < -0.39 is 6.10 Å². The smallest absolute Gasteiger partial charge is 0.253 e. The monoisotopic (exact) mass is 363 g/mol. The van der Waals surface area contributed by atoms with Gasteiger partial charge in [0, 0.05) is 34.6 Å². The van der Waals surface area contributed by atoms with E-state index in [-0.39, 0.29) is 11.8 Å². The minimum Gasteiger partial charge on any atom is -0.388 e. The fourth-order valence-electron chi connectivity index (χ4n) is 3.16. The summed E-state index contributed by atoms with van der Waals surface area (Å²) in [6.45, 7) is 1.26. The highest BCUT2D eigenvalue weighted by molar-refractivity contribution is 6.30. The maximum absolute atomic E-state index is 12.6. The lowest BCUT2D eigenvalue weighted by Crippen LogP contribution is -2.41.